The standard InChI is InChI=1S/C12H19N3O4/c1-2-19-11(17)7-13-12(18)14-5-6-15-9(8-14)3-4-10(15)16/h9H,2-8H2,1H3,(H,13,18). The Kier molecular flexibility index (Phi) is 4.24. The fraction of sp³-hybridized carbons (Fsp3) is 0.750. The van der Waals surface area contributed by atoms with Crippen molar-refractivity contribution in [3.63, 3.8) is 0 Å². The van der Waals surface area contributed by atoms with Gasteiger partial charge < -0.3 is 19.9 Å². The maximum absolute atomic E-state index is 11.9. The van der Waals surface area contributed by atoms with Crippen molar-refractivity contribution in [2.75, 3.05) is 32.8 Å². The molecule has 2 saturated heterocycles. The molecule has 0 aromatic rings. The molecule has 0 aromatic carbocycles. The van der Waals surface area contributed by atoms with E-state index in [-0.39, 0.29) is 24.5 Å². The third-order valence-corrected chi connectivity index (χ3v) is 3.47. The summed E-state index contributed by atoms with van der Waals surface area (Å²) < 4.78 is 4.74. The van der Waals surface area contributed by atoms with Crippen LogP contribution in [0.4, 0.5) is 4.79 Å². The van der Waals surface area contributed by atoms with E-state index in [9.17, 15) is 14.4 Å². The third-order valence-electron chi connectivity index (χ3n) is 3.47. The lowest BCUT2D eigenvalue weighted by molar-refractivity contribution is -0.141. The minimum Gasteiger partial charge on any atom is -0.465 e. The number of urea groups is 1. The van der Waals surface area contributed by atoms with Crippen LogP contribution in [0.1, 0.15) is 19.8 Å². The maximum atomic E-state index is 11.9. The SMILES string of the molecule is CCOC(=O)CNC(=O)N1CCN2C(=O)CCC2C1. The minimum absolute atomic E-state index is 0.115. The average molecular weight is 269 g/mol. The van der Waals surface area contributed by atoms with Gasteiger partial charge in [-0.25, -0.2) is 4.79 Å². The normalized spacial score (nSPS) is 22.2. The summed E-state index contributed by atoms with van der Waals surface area (Å²) in [6.07, 6.45) is 1.38. The summed E-state index contributed by atoms with van der Waals surface area (Å²) in [5.41, 5.74) is 0. The lowest BCUT2D eigenvalue weighted by Gasteiger charge is -2.37. The summed E-state index contributed by atoms with van der Waals surface area (Å²) in [4.78, 5) is 38.0. The van der Waals surface area contributed by atoms with Crippen LogP contribution in [-0.4, -0.2) is 66.5 Å². The molecule has 0 spiro atoms. The lowest BCUT2D eigenvalue weighted by atomic mass is 10.2. The molecule has 0 radical (unpaired) electrons. The first-order valence-electron chi connectivity index (χ1n) is 6.59. The number of piperazine rings is 1. The number of carbonyl (C=O) groups is 3. The third kappa shape index (κ3) is 3.15. The van der Waals surface area contributed by atoms with E-state index in [0.717, 1.165) is 6.42 Å². The van der Waals surface area contributed by atoms with Crippen molar-refractivity contribution in [3.8, 4) is 0 Å². The van der Waals surface area contributed by atoms with Crippen molar-refractivity contribution in [3.05, 3.63) is 0 Å². The zero-order chi connectivity index (χ0) is 13.8. The highest BCUT2D eigenvalue weighted by Crippen LogP contribution is 2.22. The predicted octanol–water partition coefficient (Wildman–Crippen LogP) is -0.434. The van der Waals surface area contributed by atoms with Gasteiger partial charge in [-0.1, -0.05) is 0 Å². The summed E-state index contributed by atoms with van der Waals surface area (Å²) >= 11 is 0. The van der Waals surface area contributed by atoms with E-state index in [4.69, 9.17) is 4.74 Å². The molecule has 3 amide bonds. The second-order valence-electron chi connectivity index (χ2n) is 4.69. The topological polar surface area (TPSA) is 79.0 Å². The van der Waals surface area contributed by atoms with Gasteiger partial charge in [0.2, 0.25) is 5.91 Å². The summed E-state index contributed by atoms with van der Waals surface area (Å²) in [5, 5.41) is 2.54. The molecule has 0 bridgehead atoms. The van der Waals surface area contributed by atoms with Crippen LogP contribution in [0.25, 0.3) is 0 Å². The van der Waals surface area contributed by atoms with Crippen molar-refractivity contribution in [2.45, 2.75) is 25.8 Å². The van der Waals surface area contributed by atoms with E-state index < -0.39 is 5.97 Å². The van der Waals surface area contributed by atoms with E-state index in [1.807, 2.05) is 4.90 Å². The molecule has 2 fully saturated rings. The van der Waals surface area contributed by atoms with E-state index in [1.165, 1.54) is 0 Å². The van der Waals surface area contributed by atoms with E-state index in [0.29, 0.717) is 32.7 Å². The molecule has 1 unspecified atom stereocenters. The molecule has 19 heavy (non-hydrogen) atoms. The molecular weight excluding hydrogens is 250 g/mol. The fourth-order valence-corrected chi connectivity index (χ4v) is 2.52. The first-order valence-corrected chi connectivity index (χ1v) is 6.59. The Balaban J connectivity index is 1.78. The van der Waals surface area contributed by atoms with Gasteiger partial charge in [-0.05, 0) is 13.3 Å². The minimum atomic E-state index is -0.439. The number of ether oxygens (including phenoxy) is 1. The molecule has 0 aromatic heterocycles. The summed E-state index contributed by atoms with van der Waals surface area (Å²) in [5.74, 6) is -0.262. The molecule has 106 valence electrons. The number of fused-ring (bicyclic) bond motifs is 1. The van der Waals surface area contributed by atoms with Crippen molar-refractivity contribution in [2.24, 2.45) is 0 Å². The Hall–Kier alpha value is -1.79. The summed E-state index contributed by atoms with van der Waals surface area (Å²) in [7, 11) is 0. The molecule has 1 atom stereocenters. The molecular formula is C12H19N3O4. The van der Waals surface area contributed by atoms with Crippen LogP contribution >= 0.6 is 0 Å². The van der Waals surface area contributed by atoms with Crippen LogP contribution in [0.15, 0.2) is 0 Å². The number of nitrogens with zero attached hydrogens (tertiary/aromatic N) is 2. The van der Waals surface area contributed by atoms with Gasteiger partial charge in [-0.15, -0.1) is 0 Å². The van der Waals surface area contributed by atoms with E-state index in [1.54, 1.807) is 11.8 Å². The Morgan fingerprint density at radius 1 is 1.42 bits per heavy atom. The second kappa shape index (κ2) is 5.90. The number of esters is 1. The average Bonchev–Trinajstić information content (AvgIpc) is 2.77. The quantitative estimate of drug-likeness (QED) is 0.705. The Morgan fingerprint density at radius 3 is 2.95 bits per heavy atom. The van der Waals surface area contributed by atoms with Crippen molar-refractivity contribution >= 4 is 17.9 Å². The van der Waals surface area contributed by atoms with Crippen LogP contribution in [-0.2, 0) is 14.3 Å². The molecule has 2 heterocycles. The fourth-order valence-electron chi connectivity index (χ4n) is 2.52. The van der Waals surface area contributed by atoms with Gasteiger partial charge in [0.1, 0.15) is 6.54 Å². The highest BCUT2D eigenvalue weighted by molar-refractivity contribution is 5.82. The predicted molar refractivity (Wildman–Crippen MR) is 66.3 cm³/mol. The zero-order valence-electron chi connectivity index (χ0n) is 11.1. The highest BCUT2D eigenvalue weighted by Gasteiger charge is 2.36. The van der Waals surface area contributed by atoms with Gasteiger partial charge in [0.15, 0.2) is 0 Å². The van der Waals surface area contributed by atoms with Crippen LogP contribution in [0.2, 0.25) is 0 Å². The van der Waals surface area contributed by atoms with E-state index >= 15 is 0 Å². The first-order chi connectivity index (χ1) is 9.11. The van der Waals surface area contributed by atoms with Gasteiger partial charge in [0.05, 0.1) is 6.61 Å². The monoisotopic (exact) mass is 269 g/mol. The van der Waals surface area contributed by atoms with Crippen molar-refractivity contribution in [1.29, 1.82) is 0 Å². The molecule has 7 nitrogen and oxygen atoms in total. The van der Waals surface area contributed by atoms with Crippen LogP contribution in [0, 0.1) is 0 Å². The molecule has 2 aliphatic heterocycles. The lowest BCUT2D eigenvalue weighted by Crippen LogP contribution is -2.55. The van der Waals surface area contributed by atoms with Gasteiger partial charge in [0.25, 0.3) is 0 Å². The van der Waals surface area contributed by atoms with Gasteiger partial charge in [0, 0.05) is 32.1 Å². The molecule has 7 heteroatoms. The molecule has 0 saturated carbocycles. The highest BCUT2D eigenvalue weighted by atomic mass is 16.5. The van der Waals surface area contributed by atoms with Gasteiger partial charge in [-0.2, -0.15) is 0 Å². The smallest absolute Gasteiger partial charge is 0.325 e. The maximum Gasteiger partial charge on any atom is 0.325 e. The van der Waals surface area contributed by atoms with Crippen LogP contribution < -0.4 is 5.32 Å². The second-order valence-corrected chi connectivity index (χ2v) is 4.69. The molecule has 1 N–H and O–H groups in total. The number of carbonyl (C=O) groups excluding carboxylic acids is 3. The van der Waals surface area contributed by atoms with Crippen LogP contribution in [0.5, 0.6) is 0 Å². The summed E-state index contributed by atoms with van der Waals surface area (Å²) in [6.45, 7) is 3.54. The van der Waals surface area contributed by atoms with Gasteiger partial charge in [-0.3, -0.25) is 9.59 Å². The number of hydrogen-bond acceptors (Lipinski definition) is 4. The molecule has 2 aliphatic rings. The zero-order valence-corrected chi connectivity index (χ0v) is 11.1. The number of nitrogens with one attached hydrogen (secondary N) is 1. The largest absolute Gasteiger partial charge is 0.465 e. The van der Waals surface area contributed by atoms with Crippen molar-refractivity contribution < 1.29 is 19.1 Å². The number of amides is 3. The Labute approximate surface area is 111 Å². The molecule has 2 rings (SSSR count). The van der Waals surface area contributed by atoms with E-state index in [2.05, 4.69) is 5.32 Å². The van der Waals surface area contributed by atoms with Crippen molar-refractivity contribution in [1.82, 2.24) is 15.1 Å². The Bertz CT molecular complexity index is 385. The van der Waals surface area contributed by atoms with Gasteiger partial charge >= 0.3 is 12.0 Å². The number of hydrogen-bond donors (Lipinski definition) is 1. The molecule has 0 aliphatic carbocycles. The first kappa shape index (κ1) is 13.6. The Morgan fingerprint density at radius 2 is 2.21 bits per heavy atom. The number of rotatable bonds is 3. The summed E-state index contributed by atoms with van der Waals surface area (Å²) in [6, 6.07) is -0.137. The van der Waals surface area contributed by atoms with Crippen LogP contribution in [0.3, 0.4) is 0 Å².